The lowest BCUT2D eigenvalue weighted by molar-refractivity contribution is -0.117. The first-order valence-corrected chi connectivity index (χ1v) is 10.1. The number of amides is 1. The monoisotopic (exact) mass is 415 g/mol. The highest BCUT2D eigenvalue weighted by molar-refractivity contribution is 7.99. The van der Waals surface area contributed by atoms with Crippen LogP contribution in [0.1, 0.15) is 5.56 Å². The molecule has 0 saturated heterocycles. The number of nitrogens with one attached hydrogen (secondary N) is 2. The molecule has 0 spiro atoms. The molecule has 5 nitrogen and oxygen atoms in total. The molecule has 2 N–H and O–H groups in total. The number of hydrogen-bond donors (Lipinski definition) is 2. The van der Waals surface area contributed by atoms with Crippen LogP contribution >= 0.6 is 11.8 Å². The Balaban J connectivity index is 1.65. The van der Waals surface area contributed by atoms with Crippen LogP contribution in [0.3, 0.4) is 0 Å². The predicted octanol–water partition coefficient (Wildman–Crippen LogP) is 4.98. The van der Waals surface area contributed by atoms with E-state index in [0.717, 1.165) is 26.8 Å². The van der Waals surface area contributed by atoms with Crippen LogP contribution in [0, 0.1) is 11.3 Å². The van der Waals surface area contributed by atoms with E-state index in [2.05, 4.69) is 10.6 Å². The summed E-state index contributed by atoms with van der Waals surface area (Å²) in [5.41, 5.74) is 1.74. The van der Waals surface area contributed by atoms with E-state index >= 15 is 0 Å². The number of nitrogens with zero attached hydrogens (tertiary/aromatic N) is 1. The van der Waals surface area contributed by atoms with Gasteiger partial charge in [-0.1, -0.05) is 54.2 Å². The minimum atomic E-state index is -0.436. The van der Waals surface area contributed by atoms with Gasteiger partial charge in [0.2, 0.25) is 0 Å². The average Bonchev–Trinajstić information content (AvgIpc) is 2.80. The molecule has 30 heavy (non-hydrogen) atoms. The normalized spacial score (nSPS) is 10.7. The summed E-state index contributed by atoms with van der Waals surface area (Å²) in [5, 5.41) is 15.3. The number of benzene rings is 3. The Kier molecular flexibility index (Phi) is 7.53. The Bertz CT molecular complexity index is 1060. The van der Waals surface area contributed by atoms with E-state index in [9.17, 15) is 10.1 Å². The molecule has 0 aliphatic heterocycles. The van der Waals surface area contributed by atoms with E-state index in [4.69, 9.17) is 4.74 Å². The number of rotatable bonds is 8. The third-order valence-electron chi connectivity index (χ3n) is 4.21. The van der Waals surface area contributed by atoms with E-state index in [1.165, 1.54) is 6.20 Å². The van der Waals surface area contributed by atoms with Gasteiger partial charge in [-0.2, -0.15) is 5.26 Å². The molecular weight excluding hydrogens is 394 g/mol. The van der Waals surface area contributed by atoms with E-state index in [1.54, 1.807) is 18.9 Å². The van der Waals surface area contributed by atoms with Gasteiger partial charge >= 0.3 is 0 Å². The second kappa shape index (κ2) is 10.7. The predicted molar refractivity (Wildman–Crippen MR) is 119 cm³/mol. The summed E-state index contributed by atoms with van der Waals surface area (Å²) >= 11 is 1.61. The second-order valence-electron chi connectivity index (χ2n) is 6.26. The molecule has 0 fully saturated rings. The number of ether oxygens (including phenoxy) is 1. The largest absolute Gasteiger partial charge is 0.497 e. The molecule has 0 heterocycles. The molecular formula is C24H21N3O2S. The van der Waals surface area contributed by atoms with Gasteiger partial charge in [0.25, 0.3) is 5.91 Å². The van der Waals surface area contributed by atoms with Gasteiger partial charge < -0.3 is 15.4 Å². The third kappa shape index (κ3) is 5.90. The Morgan fingerprint density at radius 3 is 2.43 bits per heavy atom. The first-order chi connectivity index (χ1) is 14.7. The lowest BCUT2D eigenvalue weighted by Crippen LogP contribution is -2.24. The van der Waals surface area contributed by atoms with Crippen LogP contribution in [0.5, 0.6) is 5.75 Å². The maximum atomic E-state index is 12.4. The molecule has 1 amide bonds. The molecule has 3 aromatic carbocycles. The molecule has 0 atom stereocenters. The fourth-order valence-corrected chi connectivity index (χ4v) is 3.54. The Morgan fingerprint density at radius 1 is 1.03 bits per heavy atom. The van der Waals surface area contributed by atoms with Crippen LogP contribution in [0.15, 0.2) is 100 Å². The smallest absolute Gasteiger partial charge is 0.263 e. The lowest BCUT2D eigenvalue weighted by Gasteiger charge is -2.10. The molecule has 3 rings (SSSR count). The Labute approximate surface area is 180 Å². The van der Waals surface area contributed by atoms with E-state index < -0.39 is 5.91 Å². The summed E-state index contributed by atoms with van der Waals surface area (Å²) in [5.74, 6) is 0.313. The number of carbonyl (C=O) groups excluding carboxylic acids is 1. The highest BCUT2D eigenvalue weighted by Crippen LogP contribution is 2.33. The van der Waals surface area contributed by atoms with E-state index in [0.29, 0.717) is 6.54 Å². The lowest BCUT2D eigenvalue weighted by atomic mass is 10.2. The van der Waals surface area contributed by atoms with Crippen LogP contribution in [0.25, 0.3) is 0 Å². The number of carbonyl (C=O) groups is 1. The standard InChI is InChI=1S/C24H21N3O2S/c1-29-20-13-11-18(12-14-20)16-27-24(28)19(15-25)17-26-22-9-5-6-10-23(22)30-21-7-3-2-4-8-21/h2-14,17,26H,16H2,1H3,(H,27,28)/b19-17-. The van der Waals surface area contributed by atoms with Crippen molar-refractivity contribution in [3.8, 4) is 11.8 Å². The SMILES string of the molecule is COc1ccc(CNC(=O)/C(C#N)=C\Nc2ccccc2Sc2ccccc2)cc1. The Hall–Kier alpha value is -3.69. The maximum absolute atomic E-state index is 12.4. The summed E-state index contributed by atoms with van der Waals surface area (Å²) in [7, 11) is 1.60. The molecule has 150 valence electrons. The van der Waals surface area contributed by atoms with Crippen molar-refractivity contribution in [2.45, 2.75) is 16.3 Å². The molecule has 0 aliphatic rings. The molecule has 0 aromatic heterocycles. The number of methoxy groups -OCH3 is 1. The fraction of sp³-hybridized carbons (Fsp3) is 0.0833. The second-order valence-corrected chi connectivity index (χ2v) is 7.37. The van der Waals surface area contributed by atoms with Crippen molar-refractivity contribution >= 4 is 23.4 Å². The van der Waals surface area contributed by atoms with Crippen molar-refractivity contribution in [2.24, 2.45) is 0 Å². The molecule has 0 bridgehead atoms. The summed E-state index contributed by atoms with van der Waals surface area (Å²) in [6, 6.07) is 27.1. The Morgan fingerprint density at radius 2 is 1.73 bits per heavy atom. The van der Waals surface area contributed by atoms with Crippen molar-refractivity contribution in [1.82, 2.24) is 5.32 Å². The summed E-state index contributed by atoms with van der Waals surface area (Å²) in [6.07, 6.45) is 1.44. The summed E-state index contributed by atoms with van der Waals surface area (Å²) in [4.78, 5) is 14.5. The van der Waals surface area contributed by atoms with E-state index in [1.807, 2.05) is 84.9 Å². The zero-order valence-electron chi connectivity index (χ0n) is 16.5. The van der Waals surface area contributed by atoms with Crippen molar-refractivity contribution in [3.05, 3.63) is 96.2 Å². The van der Waals surface area contributed by atoms with Gasteiger partial charge in [0.05, 0.1) is 12.8 Å². The molecule has 0 unspecified atom stereocenters. The quantitative estimate of drug-likeness (QED) is 0.401. The average molecular weight is 416 g/mol. The van der Waals surface area contributed by atoms with Crippen LogP contribution in [0.4, 0.5) is 5.69 Å². The van der Waals surface area contributed by atoms with Crippen molar-refractivity contribution in [3.63, 3.8) is 0 Å². The number of hydrogen-bond acceptors (Lipinski definition) is 5. The van der Waals surface area contributed by atoms with Gasteiger partial charge in [-0.25, -0.2) is 0 Å². The summed E-state index contributed by atoms with van der Waals surface area (Å²) in [6.45, 7) is 0.322. The van der Waals surface area contributed by atoms with Gasteiger partial charge in [-0.15, -0.1) is 0 Å². The minimum absolute atomic E-state index is 0.00280. The van der Waals surface area contributed by atoms with Gasteiger partial charge in [0.1, 0.15) is 17.4 Å². The highest BCUT2D eigenvalue weighted by atomic mass is 32.2. The van der Waals surface area contributed by atoms with E-state index in [-0.39, 0.29) is 5.57 Å². The van der Waals surface area contributed by atoms with Crippen molar-refractivity contribution in [1.29, 1.82) is 5.26 Å². The zero-order valence-corrected chi connectivity index (χ0v) is 17.3. The van der Waals surface area contributed by atoms with Crippen LogP contribution in [0.2, 0.25) is 0 Å². The maximum Gasteiger partial charge on any atom is 0.263 e. The molecule has 6 heteroatoms. The van der Waals surface area contributed by atoms with Gasteiger partial charge in [0.15, 0.2) is 0 Å². The van der Waals surface area contributed by atoms with Gasteiger partial charge in [-0.3, -0.25) is 4.79 Å². The zero-order chi connectivity index (χ0) is 21.2. The van der Waals surface area contributed by atoms with Crippen LogP contribution in [-0.4, -0.2) is 13.0 Å². The third-order valence-corrected chi connectivity index (χ3v) is 5.29. The highest BCUT2D eigenvalue weighted by Gasteiger charge is 2.10. The van der Waals surface area contributed by atoms with Gasteiger partial charge in [-0.05, 0) is 42.0 Å². The number of anilines is 1. The van der Waals surface area contributed by atoms with Crippen molar-refractivity contribution < 1.29 is 9.53 Å². The molecule has 3 aromatic rings. The van der Waals surface area contributed by atoms with Crippen LogP contribution < -0.4 is 15.4 Å². The van der Waals surface area contributed by atoms with Crippen molar-refractivity contribution in [2.75, 3.05) is 12.4 Å². The number of nitriles is 1. The topological polar surface area (TPSA) is 74.1 Å². The minimum Gasteiger partial charge on any atom is -0.497 e. The fourth-order valence-electron chi connectivity index (χ4n) is 2.61. The first-order valence-electron chi connectivity index (χ1n) is 9.29. The first kappa shape index (κ1) is 21.0. The molecule has 0 radical (unpaired) electrons. The summed E-state index contributed by atoms with van der Waals surface area (Å²) < 4.78 is 5.12. The van der Waals surface area contributed by atoms with Gasteiger partial charge in [0, 0.05) is 22.5 Å². The number of para-hydroxylation sites is 1. The molecule has 0 aliphatic carbocycles. The molecule has 0 saturated carbocycles. The van der Waals surface area contributed by atoms with Crippen LogP contribution in [-0.2, 0) is 11.3 Å².